The van der Waals surface area contributed by atoms with E-state index in [1.54, 1.807) is 0 Å². The fourth-order valence-corrected chi connectivity index (χ4v) is 5.34. The maximum absolute atomic E-state index is 3.69. The Morgan fingerprint density at radius 1 is 1.19 bits per heavy atom. The minimum atomic E-state index is 0.560. The molecule has 1 aliphatic heterocycles. The predicted octanol–water partition coefficient (Wildman–Crippen LogP) is 4.80. The van der Waals surface area contributed by atoms with Crippen molar-refractivity contribution in [2.75, 3.05) is 13.1 Å². The molecule has 0 aromatic carbocycles. The molecule has 1 heterocycles. The number of hydrogen-bond donors (Lipinski definition) is 1. The van der Waals surface area contributed by atoms with E-state index in [9.17, 15) is 0 Å². The summed E-state index contributed by atoms with van der Waals surface area (Å²) >= 11 is 0. The van der Waals surface area contributed by atoms with Crippen molar-refractivity contribution in [1.29, 1.82) is 0 Å². The fraction of sp³-hybridized carbons (Fsp3) is 0.850. The van der Waals surface area contributed by atoms with Gasteiger partial charge in [-0.05, 0) is 85.9 Å². The zero-order chi connectivity index (χ0) is 14.9. The SMILES string of the molecule is CC1C2CC=C=CCCNCC(C)[C@@]3(C)CCCCC3C12. The number of fused-ring (bicyclic) bond motifs is 3. The summed E-state index contributed by atoms with van der Waals surface area (Å²) in [6, 6.07) is 0. The number of nitrogens with one attached hydrogen (secondary N) is 1. The Labute approximate surface area is 131 Å². The van der Waals surface area contributed by atoms with Crippen molar-refractivity contribution in [3.63, 3.8) is 0 Å². The Kier molecular flexibility index (Phi) is 4.62. The molecule has 3 aliphatic rings. The molecule has 3 rings (SSSR count). The highest BCUT2D eigenvalue weighted by Gasteiger charge is 2.56. The highest BCUT2D eigenvalue weighted by molar-refractivity contribution is 5.07. The van der Waals surface area contributed by atoms with E-state index < -0.39 is 0 Å². The topological polar surface area (TPSA) is 12.0 Å². The molecule has 1 N–H and O–H groups in total. The van der Waals surface area contributed by atoms with Crippen LogP contribution >= 0.6 is 0 Å². The van der Waals surface area contributed by atoms with E-state index >= 15 is 0 Å². The standard InChI is InChI=1S/C20H33N/c1-15-14-21-13-9-5-4-6-10-17-16(2)19(17)18-11-7-8-12-20(15,18)3/h5-6,15-19,21H,7-14H2,1-3H3/t4?,15?,16?,17?,18?,19?,20-/m1/s1. The Morgan fingerprint density at radius 3 is 2.90 bits per heavy atom. The van der Waals surface area contributed by atoms with Gasteiger partial charge in [0.2, 0.25) is 0 Å². The van der Waals surface area contributed by atoms with Crippen LogP contribution in [0.1, 0.15) is 59.3 Å². The van der Waals surface area contributed by atoms with E-state index in [1.165, 1.54) is 38.6 Å². The molecule has 2 saturated carbocycles. The first-order chi connectivity index (χ1) is 10.1. The molecule has 6 atom stereocenters. The van der Waals surface area contributed by atoms with Gasteiger partial charge in [0.1, 0.15) is 0 Å². The Hall–Kier alpha value is -0.520. The van der Waals surface area contributed by atoms with Crippen molar-refractivity contribution in [1.82, 2.24) is 5.32 Å². The average Bonchev–Trinajstić information content (AvgIpc) is 3.10. The Balaban J connectivity index is 1.82. The summed E-state index contributed by atoms with van der Waals surface area (Å²) in [5, 5.41) is 3.69. The van der Waals surface area contributed by atoms with Crippen LogP contribution in [-0.4, -0.2) is 13.1 Å². The first-order valence-corrected chi connectivity index (χ1v) is 9.24. The van der Waals surface area contributed by atoms with Crippen molar-refractivity contribution in [2.45, 2.75) is 59.3 Å². The van der Waals surface area contributed by atoms with Crippen molar-refractivity contribution in [3.8, 4) is 0 Å². The third kappa shape index (κ3) is 3.01. The zero-order valence-electron chi connectivity index (χ0n) is 14.2. The van der Waals surface area contributed by atoms with Crippen LogP contribution in [-0.2, 0) is 0 Å². The van der Waals surface area contributed by atoms with Crippen LogP contribution in [0.4, 0.5) is 0 Å². The van der Waals surface area contributed by atoms with Crippen LogP contribution in [0, 0.1) is 35.0 Å². The summed E-state index contributed by atoms with van der Waals surface area (Å²) in [6.45, 7) is 9.91. The maximum atomic E-state index is 3.69. The minimum absolute atomic E-state index is 0.560. The predicted molar refractivity (Wildman–Crippen MR) is 90.1 cm³/mol. The molecule has 118 valence electrons. The van der Waals surface area contributed by atoms with Crippen molar-refractivity contribution >= 4 is 0 Å². The molecule has 0 spiro atoms. The highest BCUT2D eigenvalue weighted by Crippen LogP contribution is 2.62. The van der Waals surface area contributed by atoms with Crippen LogP contribution in [0.25, 0.3) is 0 Å². The third-order valence-electron chi connectivity index (χ3n) is 7.10. The minimum Gasteiger partial charge on any atom is -0.316 e. The second kappa shape index (κ2) is 6.31. The molecule has 0 saturated heterocycles. The number of rotatable bonds is 0. The second-order valence-electron chi connectivity index (χ2n) is 8.16. The lowest BCUT2D eigenvalue weighted by atomic mass is 9.59. The van der Waals surface area contributed by atoms with Gasteiger partial charge in [0.15, 0.2) is 0 Å². The van der Waals surface area contributed by atoms with Gasteiger partial charge in [-0.15, -0.1) is 5.73 Å². The molecule has 0 amide bonds. The van der Waals surface area contributed by atoms with Gasteiger partial charge in [0.05, 0.1) is 0 Å². The molecule has 0 bridgehead atoms. The normalized spacial score (nSPS) is 47.5. The van der Waals surface area contributed by atoms with Gasteiger partial charge in [0.25, 0.3) is 0 Å². The largest absolute Gasteiger partial charge is 0.316 e. The Bertz CT molecular complexity index is 420. The van der Waals surface area contributed by atoms with Crippen LogP contribution in [0.2, 0.25) is 0 Å². The van der Waals surface area contributed by atoms with Crippen molar-refractivity contribution in [3.05, 3.63) is 17.9 Å². The first-order valence-electron chi connectivity index (χ1n) is 9.24. The summed E-state index contributed by atoms with van der Waals surface area (Å²) in [5.74, 6) is 4.62. The van der Waals surface area contributed by atoms with E-state index in [0.29, 0.717) is 5.41 Å². The third-order valence-corrected chi connectivity index (χ3v) is 7.10. The smallest absolute Gasteiger partial charge is 0.000805 e. The molecule has 0 aromatic rings. The molecule has 0 aromatic heterocycles. The van der Waals surface area contributed by atoms with E-state index in [2.05, 4.69) is 44.0 Å². The second-order valence-corrected chi connectivity index (χ2v) is 8.16. The van der Waals surface area contributed by atoms with Crippen LogP contribution in [0.5, 0.6) is 0 Å². The quantitative estimate of drug-likeness (QED) is 0.631. The molecule has 2 fully saturated rings. The molecule has 1 nitrogen and oxygen atoms in total. The average molecular weight is 287 g/mol. The fourth-order valence-electron chi connectivity index (χ4n) is 5.34. The van der Waals surface area contributed by atoms with Crippen molar-refractivity contribution < 1.29 is 0 Å². The van der Waals surface area contributed by atoms with Gasteiger partial charge in [-0.3, -0.25) is 0 Å². The lowest BCUT2D eigenvalue weighted by Crippen LogP contribution is -2.42. The molecule has 5 unspecified atom stereocenters. The first kappa shape index (κ1) is 15.4. The van der Waals surface area contributed by atoms with Gasteiger partial charge < -0.3 is 5.32 Å². The van der Waals surface area contributed by atoms with Crippen molar-refractivity contribution in [2.24, 2.45) is 35.0 Å². The molecule has 21 heavy (non-hydrogen) atoms. The molecule has 2 aliphatic carbocycles. The monoisotopic (exact) mass is 287 g/mol. The van der Waals surface area contributed by atoms with Gasteiger partial charge in [-0.2, -0.15) is 0 Å². The summed E-state index contributed by atoms with van der Waals surface area (Å²) in [4.78, 5) is 0. The lowest BCUT2D eigenvalue weighted by Gasteiger charge is -2.47. The molecule has 0 radical (unpaired) electrons. The summed E-state index contributed by atoms with van der Waals surface area (Å²) in [6.07, 6.45) is 12.7. The summed E-state index contributed by atoms with van der Waals surface area (Å²) in [5.41, 5.74) is 3.96. The zero-order valence-corrected chi connectivity index (χ0v) is 14.2. The highest BCUT2D eigenvalue weighted by atomic mass is 14.9. The van der Waals surface area contributed by atoms with E-state index in [4.69, 9.17) is 0 Å². The Morgan fingerprint density at radius 2 is 2.05 bits per heavy atom. The van der Waals surface area contributed by atoms with Crippen LogP contribution in [0.3, 0.4) is 0 Å². The molecule has 1 heteroatoms. The van der Waals surface area contributed by atoms with E-state index in [-0.39, 0.29) is 0 Å². The van der Waals surface area contributed by atoms with Gasteiger partial charge in [-0.1, -0.05) is 33.6 Å². The van der Waals surface area contributed by atoms with E-state index in [1.807, 2.05) is 0 Å². The maximum Gasteiger partial charge on any atom is -0.000805 e. The van der Waals surface area contributed by atoms with Crippen LogP contribution in [0.15, 0.2) is 17.9 Å². The van der Waals surface area contributed by atoms with Gasteiger partial charge in [0, 0.05) is 0 Å². The number of hydrogen-bond acceptors (Lipinski definition) is 1. The van der Waals surface area contributed by atoms with Gasteiger partial charge >= 0.3 is 0 Å². The molecular formula is C20H33N. The lowest BCUT2D eigenvalue weighted by molar-refractivity contribution is 0.0317. The van der Waals surface area contributed by atoms with Crippen LogP contribution < -0.4 is 5.32 Å². The van der Waals surface area contributed by atoms with Gasteiger partial charge in [-0.25, -0.2) is 0 Å². The van der Waals surface area contributed by atoms with E-state index in [0.717, 1.165) is 42.6 Å². The summed E-state index contributed by atoms with van der Waals surface area (Å²) in [7, 11) is 0. The molecular weight excluding hydrogens is 254 g/mol. The summed E-state index contributed by atoms with van der Waals surface area (Å²) < 4.78 is 0.